The molecule has 0 radical (unpaired) electrons. The molecule has 1 atom stereocenters. The molecule has 1 aliphatic heterocycles. The van der Waals surface area contributed by atoms with Gasteiger partial charge in [-0.2, -0.15) is 0 Å². The number of hydrogen-bond donors (Lipinski definition) is 1. The zero-order chi connectivity index (χ0) is 28.7. The van der Waals surface area contributed by atoms with Crippen molar-refractivity contribution >= 4 is 52.1 Å². The van der Waals surface area contributed by atoms with E-state index < -0.39 is 23.2 Å². The van der Waals surface area contributed by atoms with E-state index in [0.29, 0.717) is 21.3 Å². The lowest BCUT2D eigenvalue weighted by atomic mass is 9.91. The van der Waals surface area contributed by atoms with Crippen LogP contribution in [0.4, 0.5) is 4.39 Å². The van der Waals surface area contributed by atoms with Crippen LogP contribution in [0.3, 0.4) is 0 Å². The summed E-state index contributed by atoms with van der Waals surface area (Å²) in [7, 11) is 0. The second-order valence-corrected chi connectivity index (χ2v) is 11.3. The molecule has 12 heteroatoms. The quantitative estimate of drug-likeness (QED) is 0.196. The van der Waals surface area contributed by atoms with Crippen LogP contribution in [0, 0.1) is 11.7 Å². The zero-order valence-electron chi connectivity index (χ0n) is 21.3. The summed E-state index contributed by atoms with van der Waals surface area (Å²) in [5.74, 6) is -2.21. The fourth-order valence-electron chi connectivity index (χ4n) is 4.90. The van der Waals surface area contributed by atoms with Gasteiger partial charge in [-0.25, -0.2) is 9.37 Å². The van der Waals surface area contributed by atoms with Crippen LogP contribution in [0.2, 0.25) is 10.0 Å². The van der Waals surface area contributed by atoms with Crippen molar-refractivity contribution in [3.05, 3.63) is 115 Å². The minimum absolute atomic E-state index is 0.0287. The highest BCUT2D eigenvalue weighted by Gasteiger charge is 2.55. The predicted molar refractivity (Wildman–Crippen MR) is 150 cm³/mol. The van der Waals surface area contributed by atoms with E-state index in [9.17, 15) is 14.4 Å². The van der Waals surface area contributed by atoms with Gasteiger partial charge in [-0.05, 0) is 49.2 Å². The van der Waals surface area contributed by atoms with Crippen LogP contribution in [0.25, 0.3) is 0 Å². The molecule has 8 nitrogen and oxygen atoms in total. The van der Waals surface area contributed by atoms with E-state index >= 15 is 4.39 Å². The Hall–Kier alpha value is -3.70. The fourth-order valence-corrected chi connectivity index (χ4v) is 5.67. The smallest absolute Gasteiger partial charge is 0.257 e. The highest BCUT2D eigenvalue weighted by Crippen LogP contribution is 2.48. The number of amides is 2. The first-order valence-electron chi connectivity index (χ1n) is 12.6. The standard InChI is InChI=1S/C29H21Cl2FN4O4S/c30-19-5-3-18(4-6-19)29(40-14-34-27(38)16-1-2-16)25-22(28(39)36(29)12-21-8-7-20(31)11-33-21)9-17(10-23(25)32)26(37)24-13-41-15-35-24/h3-11,13,15-16H,1-2,12,14H2,(H,34,38)/t29-/m1/s1. The number of carbonyl (C=O) groups excluding carboxylic acids is 3. The molecule has 1 aliphatic carbocycles. The minimum Gasteiger partial charge on any atom is -0.333 e. The Morgan fingerprint density at radius 3 is 2.51 bits per heavy atom. The Bertz CT molecular complexity index is 1650. The predicted octanol–water partition coefficient (Wildman–Crippen LogP) is 5.57. The number of rotatable bonds is 9. The van der Waals surface area contributed by atoms with E-state index in [0.717, 1.165) is 18.9 Å². The monoisotopic (exact) mass is 610 g/mol. The van der Waals surface area contributed by atoms with Gasteiger partial charge in [-0.15, -0.1) is 11.3 Å². The van der Waals surface area contributed by atoms with Crippen LogP contribution < -0.4 is 5.32 Å². The second-order valence-electron chi connectivity index (χ2n) is 9.70. The van der Waals surface area contributed by atoms with Gasteiger partial charge < -0.3 is 10.1 Å². The number of hydrogen-bond acceptors (Lipinski definition) is 7. The Kier molecular flexibility index (Phi) is 7.33. The molecule has 1 saturated carbocycles. The van der Waals surface area contributed by atoms with Gasteiger partial charge in [0.2, 0.25) is 17.4 Å². The number of benzene rings is 2. The van der Waals surface area contributed by atoms with Crippen LogP contribution in [0.5, 0.6) is 0 Å². The number of ketones is 1. The molecule has 1 N–H and O–H groups in total. The molecule has 2 aliphatic rings. The lowest BCUT2D eigenvalue weighted by molar-refractivity contribution is -0.137. The highest BCUT2D eigenvalue weighted by atomic mass is 35.5. The average Bonchev–Trinajstić information content (AvgIpc) is 3.62. The number of pyridine rings is 1. The lowest BCUT2D eigenvalue weighted by Crippen LogP contribution is -2.49. The van der Waals surface area contributed by atoms with Crippen molar-refractivity contribution in [3.8, 4) is 0 Å². The first kappa shape index (κ1) is 27.5. The molecule has 1 fully saturated rings. The normalized spacial score (nSPS) is 17.9. The molecule has 3 heterocycles. The number of ether oxygens (including phenoxy) is 1. The molecule has 2 amide bonds. The van der Waals surface area contributed by atoms with Crippen molar-refractivity contribution in [2.75, 3.05) is 6.73 Å². The van der Waals surface area contributed by atoms with Crippen molar-refractivity contribution in [3.63, 3.8) is 0 Å². The van der Waals surface area contributed by atoms with E-state index in [1.807, 2.05) is 0 Å². The molecule has 0 bridgehead atoms. The van der Waals surface area contributed by atoms with E-state index in [1.165, 1.54) is 34.0 Å². The average molecular weight is 611 g/mol. The SMILES string of the molecule is O=C(c1cc(F)c2c(c1)C(=O)N(Cc1ccc(Cl)cn1)[C@@]2(OCNC(=O)C1CC1)c1ccc(Cl)cc1)c1cscn1. The Balaban J connectivity index is 1.51. The maximum Gasteiger partial charge on any atom is 0.257 e. The number of nitrogens with zero attached hydrogens (tertiary/aromatic N) is 3. The third kappa shape index (κ3) is 5.12. The summed E-state index contributed by atoms with van der Waals surface area (Å²) in [5.41, 5.74) is 0.485. The maximum absolute atomic E-state index is 16.3. The molecule has 6 rings (SSSR count). The van der Waals surface area contributed by atoms with Gasteiger partial charge >= 0.3 is 0 Å². The minimum atomic E-state index is -1.83. The third-order valence-electron chi connectivity index (χ3n) is 7.03. The number of fused-ring (bicyclic) bond motifs is 1. The van der Waals surface area contributed by atoms with Gasteiger partial charge in [-0.1, -0.05) is 35.3 Å². The van der Waals surface area contributed by atoms with E-state index in [-0.39, 0.29) is 47.5 Å². The Morgan fingerprint density at radius 2 is 1.85 bits per heavy atom. The van der Waals surface area contributed by atoms with Gasteiger partial charge in [0.15, 0.2) is 0 Å². The molecule has 0 unspecified atom stereocenters. The molecule has 0 saturated heterocycles. The summed E-state index contributed by atoms with van der Waals surface area (Å²) in [4.78, 5) is 49.4. The van der Waals surface area contributed by atoms with Gasteiger partial charge in [-0.3, -0.25) is 24.3 Å². The number of nitrogens with one attached hydrogen (secondary N) is 1. The summed E-state index contributed by atoms with van der Waals surface area (Å²) in [6.45, 7) is -0.410. The number of halogens is 3. The maximum atomic E-state index is 16.3. The molecule has 41 heavy (non-hydrogen) atoms. The van der Waals surface area contributed by atoms with E-state index in [1.54, 1.807) is 41.8 Å². The van der Waals surface area contributed by atoms with Crippen molar-refractivity contribution in [1.29, 1.82) is 0 Å². The summed E-state index contributed by atoms with van der Waals surface area (Å²) in [6, 6.07) is 12.2. The second kappa shape index (κ2) is 10.9. The van der Waals surface area contributed by atoms with Crippen LogP contribution >= 0.6 is 34.5 Å². The molecular weight excluding hydrogens is 590 g/mol. The van der Waals surface area contributed by atoms with Crippen molar-refractivity contribution in [1.82, 2.24) is 20.2 Å². The largest absolute Gasteiger partial charge is 0.333 e. The Labute approximate surface area is 248 Å². The van der Waals surface area contributed by atoms with Gasteiger partial charge in [0.05, 0.1) is 33.9 Å². The summed E-state index contributed by atoms with van der Waals surface area (Å²) >= 11 is 13.4. The number of aromatic nitrogens is 2. The van der Waals surface area contributed by atoms with Crippen LogP contribution in [0.15, 0.2) is 65.6 Å². The number of thiazole rings is 1. The van der Waals surface area contributed by atoms with E-state index in [2.05, 4.69) is 15.3 Å². The molecule has 4 aromatic rings. The highest BCUT2D eigenvalue weighted by molar-refractivity contribution is 7.07. The summed E-state index contributed by atoms with van der Waals surface area (Å²) in [6.07, 6.45) is 3.01. The summed E-state index contributed by atoms with van der Waals surface area (Å²) < 4.78 is 22.7. The van der Waals surface area contributed by atoms with Gasteiger partial charge in [0, 0.05) is 33.6 Å². The lowest BCUT2D eigenvalue weighted by Gasteiger charge is -2.39. The molecule has 0 spiro atoms. The van der Waals surface area contributed by atoms with Crippen LogP contribution in [-0.2, 0) is 21.8 Å². The fraction of sp³-hybridized carbons (Fsp3) is 0.207. The van der Waals surface area contributed by atoms with Crippen molar-refractivity contribution in [2.45, 2.75) is 25.1 Å². The topological polar surface area (TPSA) is 101 Å². The third-order valence-corrected chi connectivity index (χ3v) is 8.09. The summed E-state index contributed by atoms with van der Waals surface area (Å²) in [5, 5.41) is 5.12. The first-order valence-corrected chi connectivity index (χ1v) is 14.3. The van der Waals surface area contributed by atoms with E-state index in [4.69, 9.17) is 27.9 Å². The van der Waals surface area contributed by atoms with Crippen LogP contribution in [0.1, 0.15) is 56.1 Å². The Morgan fingerprint density at radius 1 is 1.10 bits per heavy atom. The van der Waals surface area contributed by atoms with Gasteiger partial charge in [0.1, 0.15) is 18.2 Å². The van der Waals surface area contributed by atoms with Gasteiger partial charge in [0.25, 0.3) is 5.91 Å². The molecular formula is C29H21Cl2FN4O4S. The first-order chi connectivity index (χ1) is 19.8. The molecule has 2 aromatic heterocycles. The molecule has 208 valence electrons. The number of carbonyl (C=O) groups is 3. The van der Waals surface area contributed by atoms with Crippen molar-refractivity contribution < 1.29 is 23.5 Å². The van der Waals surface area contributed by atoms with Crippen molar-refractivity contribution in [2.24, 2.45) is 5.92 Å². The molecule has 2 aromatic carbocycles. The zero-order valence-corrected chi connectivity index (χ0v) is 23.6. The van der Waals surface area contributed by atoms with Crippen LogP contribution in [-0.4, -0.2) is 39.2 Å².